The van der Waals surface area contributed by atoms with Gasteiger partial charge < -0.3 is 0 Å². The number of ketones is 2. The molecule has 0 N–H and O–H groups in total. The predicted molar refractivity (Wildman–Crippen MR) is 82.9 cm³/mol. The molecular weight excluding hydrogens is 316 g/mol. The molecule has 0 amide bonds. The molecule has 2 aromatic carbocycles. The maximum absolute atomic E-state index is 11.9. The number of halogens is 1. The van der Waals surface area contributed by atoms with Gasteiger partial charge in [0.15, 0.2) is 5.78 Å². The maximum Gasteiger partial charge on any atom is 0.170 e. The second-order valence-corrected chi connectivity index (χ2v) is 5.55. The van der Waals surface area contributed by atoms with Crippen LogP contribution < -0.4 is 0 Å². The Morgan fingerprint density at radius 2 is 1.55 bits per heavy atom. The van der Waals surface area contributed by atoms with Crippen molar-refractivity contribution >= 4 is 27.5 Å². The molecule has 2 rings (SSSR count). The number of rotatable bonds is 6. The summed E-state index contributed by atoms with van der Waals surface area (Å²) in [6.07, 6.45) is 1.06. The third-order valence-corrected chi connectivity index (χ3v) is 3.59. The summed E-state index contributed by atoms with van der Waals surface area (Å²) in [5.41, 5.74) is 1.71. The van der Waals surface area contributed by atoms with Gasteiger partial charge in [-0.15, -0.1) is 0 Å². The molecule has 0 radical (unpaired) electrons. The topological polar surface area (TPSA) is 34.1 Å². The van der Waals surface area contributed by atoms with Gasteiger partial charge in [0.05, 0.1) is 6.42 Å². The van der Waals surface area contributed by atoms with Gasteiger partial charge in [-0.05, 0) is 24.1 Å². The summed E-state index contributed by atoms with van der Waals surface area (Å²) in [6, 6.07) is 16.8. The molecule has 0 aliphatic rings. The first kappa shape index (κ1) is 14.7. The lowest BCUT2D eigenvalue weighted by Crippen LogP contribution is -2.09. The lowest BCUT2D eigenvalue weighted by atomic mass is 10.0. The van der Waals surface area contributed by atoms with Crippen LogP contribution in [-0.2, 0) is 11.2 Å². The lowest BCUT2D eigenvalue weighted by molar-refractivity contribution is -0.118. The second-order valence-electron chi connectivity index (χ2n) is 4.63. The summed E-state index contributed by atoms with van der Waals surface area (Å²) in [6.45, 7) is 0. The van der Waals surface area contributed by atoms with E-state index in [-0.39, 0.29) is 18.0 Å². The Morgan fingerprint density at radius 3 is 2.20 bits per heavy atom. The molecular formula is C17H15BrO2. The molecule has 0 aromatic heterocycles. The average Bonchev–Trinajstić information content (AvgIpc) is 2.47. The van der Waals surface area contributed by atoms with Crippen molar-refractivity contribution in [2.24, 2.45) is 0 Å². The highest BCUT2D eigenvalue weighted by atomic mass is 79.9. The molecule has 0 atom stereocenters. The minimum Gasteiger partial charge on any atom is -0.299 e. The van der Waals surface area contributed by atoms with Crippen molar-refractivity contribution in [3.63, 3.8) is 0 Å². The average molecular weight is 331 g/mol. The molecule has 0 bridgehead atoms. The second kappa shape index (κ2) is 7.15. The Bertz CT molecular complexity index is 588. The summed E-state index contributed by atoms with van der Waals surface area (Å²) in [5, 5.41) is 0. The fourth-order valence-corrected chi connectivity index (χ4v) is 2.19. The zero-order valence-electron chi connectivity index (χ0n) is 11.0. The number of Topliss-reactive ketones (excluding diaryl/α,β-unsaturated/α-hetero) is 2. The van der Waals surface area contributed by atoms with Crippen LogP contribution in [0.4, 0.5) is 0 Å². The highest BCUT2D eigenvalue weighted by Crippen LogP contribution is 2.12. The lowest BCUT2D eigenvalue weighted by Gasteiger charge is -2.02. The molecule has 0 aliphatic carbocycles. The zero-order chi connectivity index (χ0) is 14.4. The van der Waals surface area contributed by atoms with Crippen molar-refractivity contribution in [3.05, 3.63) is 70.2 Å². The molecule has 2 aromatic rings. The van der Waals surface area contributed by atoms with E-state index in [1.807, 2.05) is 30.3 Å². The van der Waals surface area contributed by atoms with E-state index in [9.17, 15) is 9.59 Å². The molecule has 0 saturated carbocycles. The van der Waals surface area contributed by atoms with Crippen LogP contribution in [-0.4, -0.2) is 11.6 Å². The molecule has 2 nitrogen and oxygen atoms in total. The van der Waals surface area contributed by atoms with Gasteiger partial charge in [-0.2, -0.15) is 0 Å². The zero-order valence-corrected chi connectivity index (χ0v) is 12.6. The number of benzene rings is 2. The smallest absolute Gasteiger partial charge is 0.170 e. The van der Waals surface area contributed by atoms with E-state index in [0.717, 1.165) is 10.0 Å². The highest BCUT2D eigenvalue weighted by molar-refractivity contribution is 9.10. The molecule has 0 saturated heterocycles. The summed E-state index contributed by atoms with van der Waals surface area (Å²) in [4.78, 5) is 23.7. The van der Waals surface area contributed by atoms with E-state index < -0.39 is 0 Å². The quantitative estimate of drug-likeness (QED) is 0.586. The van der Waals surface area contributed by atoms with E-state index >= 15 is 0 Å². The van der Waals surface area contributed by atoms with Crippen LogP contribution in [0.3, 0.4) is 0 Å². The highest BCUT2D eigenvalue weighted by Gasteiger charge is 2.11. The number of carbonyl (C=O) groups excluding carboxylic acids is 2. The third kappa shape index (κ3) is 4.42. The van der Waals surface area contributed by atoms with Crippen LogP contribution in [0.25, 0.3) is 0 Å². The van der Waals surface area contributed by atoms with Crippen molar-refractivity contribution in [3.8, 4) is 0 Å². The Kier molecular flexibility index (Phi) is 5.24. The van der Waals surface area contributed by atoms with Gasteiger partial charge in [-0.1, -0.05) is 58.4 Å². The summed E-state index contributed by atoms with van der Waals surface area (Å²) in [7, 11) is 0. The van der Waals surface area contributed by atoms with Gasteiger partial charge in [-0.25, -0.2) is 0 Å². The standard InChI is InChI=1S/C17H15BrO2/c18-15-9-6-13(7-10-15)8-11-16(19)12-17(20)14-4-2-1-3-5-14/h1-7,9-10H,8,11-12H2. The van der Waals surface area contributed by atoms with Crippen molar-refractivity contribution in [1.82, 2.24) is 0 Å². The minimum atomic E-state index is -0.105. The van der Waals surface area contributed by atoms with Crippen LogP contribution in [0.15, 0.2) is 59.1 Å². The number of hydrogen-bond acceptors (Lipinski definition) is 2. The maximum atomic E-state index is 11.9. The molecule has 20 heavy (non-hydrogen) atoms. The fourth-order valence-electron chi connectivity index (χ4n) is 1.93. The normalized spacial score (nSPS) is 10.2. The largest absolute Gasteiger partial charge is 0.299 e. The van der Waals surface area contributed by atoms with E-state index in [4.69, 9.17) is 0 Å². The number of aryl methyl sites for hydroxylation is 1. The van der Waals surface area contributed by atoms with Crippen LogP contribution >= 0.6 is 15.9 Å². The number of hydrogen-bond donors (Lipinski definition) is 0. The van der Waals surface area contributed by atoms with Crippen molar-refractivity contribution in [1.29, 1.82) is 0 Å². The first-order valence-corrected chi connectivity index (χ1v) is 7.29. The van der Waals surface area contributed by atoms with Crippen LogP contribution in [0.1, 0.15) is 28.8 Å². The van der Waals surface area contributed by atoms with Crippen molar-refractivity contribution in [2.45, 2.75) is 19.3 Å². The van der Waals surface area contributed by atoms with E-state index in [0.29, 0.717) is 18.4 Å². The number of carbonyl (C=O) groups is 2. The van der Waals surface area contributed by atoms with Gasteiger partial charge in [0.2, 0.25) is 0 Å². The van der Waals surface area contributed by atoms with E-state index in [1.54, 1.807) is 24.3 Å². The molecule has 3 heteroatoms. The van der Waals surface area contributed by atoms with Crippen LogP contribution in [0.2, 0.25) is 0 Å². The SMILES string of the molecule is O=C(CCc1ccc(Br)cc1)CC(=O)c1ccccc1. The van der Waals surface area contributed by atoms with Gasteiger partial charge in [0.25, 0.3) is 0 Å². The van der Waals surface area contributed by atoms with Gasteiger partial charge in [0, 0.05) is 16.5 Å². The minimum absolute atomic E-state index is 0.0122. The molecule has 0 spiro atoms. The first-order chi connectivity index (χ1) is 9.65. The molecule has 102 valence electrons. The van der Waals surface area contributed by atoms with Crippen LogP contribution in [0.5, 0.6) is 0 Å². The summed E-state index contributed by atoms with van der Waals surface area (Å²) >= 11 is 3.37. The van der Waals surface area contributed by atoms with Crippen molar-refractivity contribution in [2.75, 3.05) is 0 Å². The Labute approximate surface area is 127 Å². The summed E-state index contributed by atoms with van der Waals surface area (Å²) in [5.74, 6) is -0.117. The van der Waals surface area contributed by atoms with Gasteiger partial charge in [0.1, 0.15) is 5.78 Å². The van der Waals surface area contributed by atoms with Crippen LogP contribution in [0, 0.1) is 0 Å². The van der Waals surface area contributed by atoms with Gasteiger partial charge in [-0.3, -0.25) is 9.59 Å². The third-order valence-electron chi connectivity index (χ3n) is 3.06. The Hall–Kier alpha value is -1.74. The Morgan fingerprint density at radius 1 is 0.900 bits per heavy atom. The molecule has 0 unspecified atom stereocenters. The molecule has 0 fully saturated rings. The van der Waals surface area contributed by atoms with Crippen molar-refractivity contribution < 1.29 is 9.59 Å². The first-order valence-electron chi connectivity index (χ1n) is 6.49. The van der Waals surface area contributed by atoms with E-state index in [1.165, 1.54) is 0 Å². The van der Waals surface area contributed by atoms with E-state index in [2.05, 4.69) is 15.9 Å². The summed E-state index contributed by atoms with van der Waals surface area (Å²) < 4.78 is 1.02. The fraction of sp³-hybridized carbons (Fsp3) is 0.176. The Balaban J connectivity index is 1.84. The molecule has 0 heterocycles. The molecule has 0 aliphatic heterocycles. The van der Waals surface area contributed by atoms with Gasteiger partial charge >= 0.3 is 0 Å². The predicted octanol–water partition coefficient (Wildman–Crippen LogP) is 4.22. The monoisotopic (exact) mass is 330 g/mol.